The van der Waals surface area contributed by atoms with Crippen molar-refractivity contribution >= 4 is 17.9 Å². The van der Waals surface area contributed by atoms with Crippen LogP contribution in [0.5, 0.6) is 0 Å². The van der Waals surface area contributed by atoms with Crippen molar-refractivity contribution in [3.8, 4) is 0 Å². The summed E-state index contributed by atoms with van der Waals surface area (Å²) in [6.07, 6.45) is 66.9. The molecule has 0 aliphatic rings. The number of hydrogen-bond acceptors (Lipinski definition) is 6. The van der Waals surface area contributed by atoms with Gasteiger partial charge >= 0.3 is 17.9 Å². The van der Waals surface area contributed by atoms with Crippen LogP contribution in [0.3, 0.4) is 0 Å². The van der Waals surface area contributed by atoms with Crippen LogP contribution in [0.4, 0.5) is 0 Å². The summed E-state index contributed by atoms with van der Waals surface area (Å²) in [6, 6.07) is 0. The van der Waals surface area contributed by atoms with Crippen molar-refractivity contribution in [2.75, 3.05) is 13.2 Å². The maximum Gasteiger partial charge on any atom is 0.310 e. The second kappa shape index (κ2) is 53.7. The molecule has 376 valence electrons. The smallest absolute Gasteiger partial charge is 0.310 e. The summed E-state index contributed by atoms with van der Waals surface area (Å²) in [5.74, 6) is -1.04. The van der Waals surface area contributed by atoms with Gasteiger partial charge in [0.15, 0.2) is 6.10 Å². The fourth-order valence-electron chi connectivity index (χ4n) is 7.93. The number of unbranched alkanes of at least 4 members (excludes halogenated alkanes) is 30. The zero-order valence-electron chi connectivity index (χ0n) is 43.0. The Morgan fingerprint density at radius 3 is 0.877 bits per heavy atom. The molecule has 0 rings (SSSR count). The van der Waals surface area contributed by atoms with Crippen LogP contribution in [0.25, 0.3) is 0 Å². The first-order chi connectivity index (χ1) is 32.0. The van der Waals surface area contributed by atoms with Gasteiger partial charge in [-0.3, -0.25) is 14.4 Å². The third-order valence-corrected chi connectivity index (χ3v) is 12.1. The molecular formula is C59H104O6. The van der Waals surface area contributed by atoms with Crippen LogP contribution in [-0.4, -0.2) is 37.2 Å². The number of carbonyl (C=O) groups excluding carboxylic acids is 3. The van der Waals surface area contributed by atoms with Crippen LogP contribution in [0.15, 0.2) is 60.8 Å². The second-order valence-electron chi connectivity index (χ2n) is 18.5. The van der Waals surface area contributed by atoms with E-state index in [1.54, 1.807) is 6.08 Å². The SMILES string of the molecule is CC/C=C\C/C=C\C/C=C\C/C=C\C/C=C\CC(=O)OC(COC(=O)CCCCCCCCCC)COC(=O)CCCCCCCCCCCCCCCCCCCCCCCCCC. The molecule has 6 heteroatoms. The summed E-state index contributed by atoms with van der Waals surface area (Å²) in [6.45, 7) is 6.43. The number of esters is 3. The Labute approximate surface area is 402 Å². The van der Waals surface area contributed by atoms with E-state index in [2.05, 4.69) is 69.4 Å². The third-order valence-electron chi connectivity index (χ3n) is 12.1. The number of rotatable bonds is 50. The van der Waals surface area contributed by atoms with E-state index in [1.807, 2.05) is 6.08 Å². The molecule has 0 aromatic heterocycles. The first-order valence-electron chi connectivity index (χ1n) is 27.8. The molecular weight excluding hydrogens is 805 g/mol. The Kier molecular flexibility index (Phi) is 51.3. The first-order valence-corrected chi connectivity index (χ1v) is 27.8. The molecule has 0 spiro atoms. The molecule has 0 heterocycles. The summed E-state index contributed by atoms with van der Waals surface area (Å²) in [5, 5.41) is 0. The molecule has 1 unspecified atom stereocenters. The molecule has 0 bridgehead atoms. The van der Waals surface area contributed by atoms with E-state index in [0.29, 0.717) is 12.8 Å². The predicted octanol–water partition coefficient (Wildman–Crippen LogP) is 18.4. The average molecular weight is 909 g/mol. The largest absolute Gasteiger partial charge is 0.462 e. The van der Waals surface area contributed by atoms with E-state index in [0.717, 1.165) is 70.6 Å². The fourth-order valence-corrected chi connectivity index (χ4v) is 7.93. The minimum atomic E-state index is -0.823. The van der Waals surface area contributed by atoms with Crippen molar-refractivity contribution in [1.29, 1.82) is 0 Å². The van der Waals surface area contributed by atoms with E-state index in [-0.39, 0.29) is 31.6 Å². The van der Waals surface area contributed by atoms with Crippen LogP contribution < -0.4 is 0 Å². The van der Waals surface area contributed by atoms with Gasteiger partial charge in [0, 0.05) is 12.8 Å². The monoisotopic (exact) mass is 909 g/mol. The van der Waals surface area contributed by atoms with Crippen molar-refractivity contribution in [2.45, 2.75) is 284 Å². The Balaban J connectivity index is 4.23. The molecule has 0 aliphatic carbocycles. The standard InChI is InChI=1S/C59H104O6/c1-4-7-10-13-16-19-21-23-25-26-27-28-29-30-31-32-33-35-36-38-40-43-46-49-52-58(61)64-55-56(54-63-57(60)51-48-45-42-18-15-12-9-6-3)65-59(62)53-50-47-44-41-39-37-34-24-22-20-17-14-11-8-5-2/h8,11,17,20,24,34,39,41,47,50,56H,4-7,9-10,12-16,18-19,21-23,25-33,35-38,40,42-46,48-49,51-55H2,1-3H3/b11-8-,20-17-,34-24-,41-39-,50-47-. The molecule has 0 aromatic rings. The minimum absolute atomic E-state index is 0.101. The van der Waals surface area contributed by atoms with Crippen LogP contribution in [0, 0.1) is 0 Å². The summed E-state index contributed by atoms with van der Waals surface area (Å²) in [7, 11) is 0. The molecule has 65 heavy (non-hydrogen) atoms. The molecule has 0 saturated carbocycles. The van der Waals surface area contributed by atoms with Gasteiger partial charge in [0.25, 0.3) is 0 Å². The lowest BCUT2D eigenvalue weighted by Gasteiger charge is -2.18. The average Bonchev–Trinajstić information content (AvgIpc) is 3.30. The zero-order valence-corrected chi connectivity index (χ0v) is 43.0. The highest BCUT2D eigenvalue weighted by Crippen LogP contribution is 2.17. The fraction of sp³-hybridized carbons (Fsp3) is 0.780. The summed E-state index contributed by atoms with van der Waals surface area (Å²) in [5.41, 5.74) is 0. The van der Waals surface area contributed by atoms with Crippen LogP contribution in [0.1, 0.15) is 278 Å². The molecule has 0 aromatic carbocycles. The lowest BCUT2D eigenvalue weighted by atomic mass is 10.0. The number of ether oxygens (including phenoxy) is 3. The maximum absolute atomic E-state index is 12.7. The lowest BCUT2D eigenvalue weighted by Crippen LogP contribution is -2.30. The second-order valence-corrected chi connectivity index (χ2v) is 18.5. The summed E-state index contributed by atoms with van der Waals surface area (Å²) >= 11 is 0. The molecule has 0 aliphatic heterocycles. The topological polar surface area (TPSA) is 78.9 Å². The van der Waals surface area contributed by atoms with Crippen LogP contribution >= 0.6 is 0 Å². The third kappa shape index (κ3) is 51.9. The summed E-state index contributed by atoms with van der Waals surface area (Å²) in [4.78, 5) is 37.8. The molecule has 6 nitrogen and oxygen atoms in total. The number of carbonyl (C=O) groups is 3. The van der Waals surface area contributed by atoms with E-state index >= 15 is 0 Å². The van der Waals surface area contributed by atoms with Crippen molar-refractivity contribution < 1.29 is 28.6 Å². The molecule has 0 N–H and O–H groups in total. The van der Waals surface area contributed by atoms with Crippen molar-refractivity contribution in [2.24, 2.45) is 0 Å². The van der Waals surface area contributed by atoms with Gasteiger partial charge in [0.1, 0.15) is 13.2 Å². The van der Waals surface area contributed by atoms with E-state index in [1.165, 1.54) is 167 Å². The molecule has 1 atom stereocenters. The number of allylic oxidation sites excluding steroid dienone is 9. The molecule has 0 amide bonds. The highest BCUT2D eigenvalue weighted by Gasteiger charge is 2.19. The molecule has 0 fully saturated rings. The maximum atomic E-state index is 12.7. The van der Waals surface area contributed by atoms with Crippen LogP contribution in [-0.2, 0) is 28.6 Å². The zero-order chi connectivity index (χ0) is 47.2. The Morgan fingerprint density at radius 1 is 0.323 bits per heavy atom. The molecule has 0 radical (unpaired) electrons. The van der Waals surface area contributed by atoms with Gasteiger partial charge in [0.2, 0.25) is 0 Å². The van der Waals surface area contributed by atoms with Gasteiger partial charge in [-0.2, -0.15) is 0 Å². The van der Waals surface area contributed by atoms with Crippen LogP contribution in [0.2, 0.25) is 0 Å². The Morgan fingerprint density at radius 2 is 0.585 bits per heavy atom. The normalized spacial score (nSPS) is 12.5. The number of hydrogen-bond donors (Lipinski definition) is 0. The van der Waals surface area contributed by atoms with Gasteiger partial charge < -0.3 is 14.2 Å². The van der Waals surface area contributed by atoms with E-state index < -0.39 is 12.1 Å². The first kappa shape index (κ1) is 62.1. The lowest BCUT2D eigenvalue weighted by molar-refractivity contribution is -0.166. The Bertz CT molecular complexity index is 1180. The van der Waals surface area contributed by atoms with Gasteiger partial charge in [0.05, 0.1) is 6.42 Å². The summed E-state index contributed by atoms with van der Waals surface area (Å²) < 4.78 is 16.7. The predicted molar refractivity (Wildman–Crippen MR) is 279 cm³/mol. The highest BCUT2D eigenvalue weighted by molar-refractivity contribution is 5.72. The van der Waals surface area contributed by atoms with E-state index in [4.69, 9.17) is 14.2 Å². The molecule has 0 saturated heterocycles. The van der Waals surface area contributed by atoms with Crippen molar-refractivity contribution in [3.63, 3.8) is 0 Å². The van der Waals surface area contributed by atoms with Gasteiger partial charge in [-0.05, 0) is 44.9 Å². The van der Waals surface area contributed by atoms with Gasteiger partial charge in [-0.1, -0.05) is 274 Å². The van der Waals surface area contributed by atoms with Crippen molar-refractivity contribution in [3.05, 3.63) is 60.8 Å². The van der Waals surface area contributed by atoms with Crippen molar-refractivity contribution in [1.82, 2.24) is 0 Å². The van der Waals surface area contributed by atoms with E-state index in [9.17, 15) is 14.4 Å². The Hall–Kier alpha value is -2.89. The minimum Gasteiger partial charge on any atom is -0.462 e. The van der Waals surface area contributed by atoms with Gasteiger partial charge in [-0.15, -0.1) is 0 Å². The highest BCUT2D eigenvalue weighted by atomic mass is 16.6. The van der Waals surface area contributed by atoms with Gasteiger partial charge in [-0.25, -0.2) is 0 Å². The quantitative estimate of drug-likeness (QED) is 0.0262.